The smallest absolute Gasteiger partial charge is 0.187 e. The van der Waals surface area contributed by atoms with Gasteiger partial charge in [-0.25, -0.2) is 0 Å². The Hall–Kier alpha value is -0.540. The van der Waals surface area contributed by atoms with Gasteiger partial charge in [-0.3, -0.25) is 0 Å². The van der Waals surface area contributed by atoms with Gasteiger partial charge in [-0.05, 0) is 18.4 Å². The molecular formula is C9H18O3. The lowest BCUT2D eigenvalue weighted by Gasteiger charge is -2.10. The van der Waals surface area contributed by atoms with Crippen LogP contribution in [0, 0.1) is 5.92 Å². The standard InChI is InChI=1S/C9H18O3/c1-8(2)9(10)5-4-6-12-7-11-3/h4,6,8-10H,5,7H2,1-3H3/b6-4+. The van der Waals surface area contributed by atoms with Gasteiger partial charge in [0.05, 0.1) is 12.4 Å². The third-order valence-corrected chi connectivity index (χ3v) is 1.53. The van der Waals surface area contributed by atoms with Crippen molar-refractivity contribution >= 4 is 0 Å². The molecule has 1 unspecified atom stereocenters. The van der Waals surface area contributed by atoms with Gasteiger partial charge in [0.25, 0.3) is 0 Å². The molecule has 0 spiro atoms. The molecule has 0 aromatic carbocycles. The van der Waals surface area contributed by atoms with Gasteiger partial charge in [0.2, 0.25) is 0 Å². The van der Waals surface area contributed by atoms with E-state index >= 15 is 0 Å². The highest BCUT2D eigenvalue weighted by molar-refractivity contribution is 4.78. The van der Waals surface area contributed by atoms with Crippen molar-refractivity contribution in [1.29, 1.82) is 0 Å². The van der Waals surface area contributed by atoms with Crippen molar-refractivity contribution in [3.05, 3.63) is 12.3 Å². The van der Waals surface area contributed by atoms with Crippen LogP contribution in [-0.2, 0) is 9.47 Å². The number of rotatable bonds is 6. The molecule has 0 saturated carbocycles. The van der Waals surface area contributed by atoms with Gasteiger partial charge in [0.1, 0.15) is 0 Å². The number of aliphatic hydroxyl groups is 1. The SMILES string of the molecule is COCO/C=C/CC(O)C(C)C. The van der Waals surface area contributed by atoms with E-state index in [1.165, 1.54) is 0 Å². The van der Waals surface area contributed by atoms with Crippen LogP contribution in [0.4, 0.5) is 0 Å². The van der Waals surface area contributed by atoms with E-state index < -0.39 is 0 Å². The molecule has 0 bridgehead atoms. The molecule has 3 nitrogen and oxygen atoms in total. The van der Waals surface area contributed by atoms with E-state index in [2.05, 4.69) is 4.74 Å². The molecule has 0 aromatic heterocycles. The van der Waals surface area contributed by atoms with Crippen LogP contribution in [0.5, 0.6) is 0 Å². The Morgan fingerprint density at radius 3 is 2.58 bits per heavy atom. The molecule has 0 saturated heterocycles. The minimum absolute atomic E-state index is 0.258. The van der Waals surface area contributed by atoms with Crippen LogP contribution in [0.1, 0.15) is 20.3 Å². The first kappa shape index (κ1) is 11.5. The fourth-order valence-electron chi connectivity index (χ4n) is 0.643. The van der Waals surface area contributed by atoms with Crippen LogP contribution in [0.3, 0.4) is 0 Å². The van der Waals surface area contributed by atoms with Crippen molar-refractivity contribution in [3.8, 4) is 0 Å². The lowest BCUT2D eigenvalue weighted by molar-refractivity contribution is 0.0191. The number of ether oxygens (including phenoxy) is 2. The molecule has 0 fully saturated rings. The number of hydrogen-bond donors (Lipinski definition) is 1. The van der Waals surface area contributed by atoms with Crippen LogP contribution < -0.4 is 0 Å². The van der Waals surface area contributed by atoms with Crippen LogP contribution in [-0.4, -0.2) is 25.1 Å². The third kappa shape index (κ3) is 6.19. The Bertz CT molecular complexity index is 121. The minimum Gasteiger partial charge on any atom is -0.476 e. The topological polar surface area (TPSA) is 38.7 Å². The Kier molecular flexibility index (Phi) is 6.81. The number of hydrogen-bond acceptors (Lipinski definition) is 3. The van der Waals surface area contributed by atoms with E-state index in [0.29, 0.717) is 6.42 Å². The Morgan fingerprint density at radius 2 is 2.08 bits per heavy atom. The fraction of sp³-hybridized carbons (Fsp3) is 0.778. The highest BCUT2D eigenvalue weighted by Crippen LogP contribution is 2.05. The van der Waals surface area contributed by atoms with E-state index in [4.69, 9.17) is 4.74 Å². The van der Waals surface area contributed by atoms with E-state index in [-0.39, 0.29) is 18.8 Å². The molecule has 1 atom stereocenters. The molecule has 3 heteroatoms. The summed E-state index contributed by atoms with van der Waals surface area (Å²) in [5, 5.41) is 9.34. The summed E-state index contributed by atoms with van der Waals surface area (Å²) < 4.78 is 9.56. The predicted octanol–water partition coefficient (Wildman–Crippen LogP) is 1.53. The van der Waals surface area contributed by atoms with Gasteiger partial charge in [0.15, 0.2) is 6.79 Å². The highest BCUT2D eigenvalue weighted by Gasteiger charge is 2.05. The summed E-state index contributed by atoms with van der Waals surface area (Å²) in [6.07, 6.45) is 3.69. The molecule has 0 radical (unpaired) electrons. The second-order valence-electron chi connectivity index (χ2n) is 2.99. The normalized spacial score (nSPS) is 14.1. The molecule has 0 aromatic rings. The first-order chi connectivity index (χ1) is 5.68. The minimum atomic E-state index is -0.285. The maximum Gasteiger partial charge on any atom is 0.187 e. The van der Waals surface area contributed by atoms with Gasteiger partial charge in [-0.15, -0.1) is 0 Å². The van der Waals surface area contributed by atoms with Crippen molar-refractivity contribution in [2.45, 2.75) is 26.4 Å². The second-order valence-corrected chi connectivity index (χ2v) is 2.99. The maximum atomic E-state index is 9.34. The Morgan fingerprint density at radius 1 is 1.42 bits per heavy atom. The van der Waals surface area contributed by atoms with Crippen molar-refractivity contribution in [2.24, 2.45) is 5.92 Å². The first-order valence-electron chi connectivity index (χ1n) is 4.12. The van der Waals surface area contributed by atoms with Crippen LogP contribution in [0.25, 0.3) is 0 Å². The van der Waals surface area contributed by atoms with E-state index in [0.717, 1.165) is 0 Å². The molecule has 1 N–H and O–H groups in total. The molecule has 72 valence electrons. The van der Waals surface area contributed by atoms with E-state index in [1.54, 1.807) is 19.4 Å². The average molecular weight is 174 g/mol. The van der Waals surface area contributed by atoms with Crippen LogP contribution >= 0.6 is 0 Å². The van der Waals surface area contributed by atoms with Crippen molar-refractivity contribution in [2.75, 3.05) is 13.9 Å². The molecule has 0 heterocycles. The molecule has 0 aliphatic rings. The zero-order valence-electron chi connectivity index (χ0n) is 7.99. The summed E-state index contributed by atoms with van der Waals surface area (Å²) in [5.74, 6) is 0.289. The largest absolute Gasteiger partial charge is 0.476 e. The van der Waals surface area contributed by atoms with Crippen LogP contribution in [0.2, 0.25) is 0 Å². The van der Waals surface area contributed by atoms with Gasteiger partial charge in [-0.1, -0.05) is 13.8 Å². The van der Waals surface area contributed by atoms with Crippen LogP contribution in [0.15, 0.2) is 12.3 Å². The lowest BCUT2D eigenvalue weighted by atomic mass is 10.1. The van der Waals surface area contributed by atoms with E-state index in [1.807, 2.05) is 13.8 Å². The zero-order valence-corrected chi connectivity index (χ0v) is 7.99. The summed E-state index contributed by atoms with van der Waals surface area (Å²) in [6, 6.07) is 0. The number of methoxy groups -OCH3 is 1. The van der Waals surface area contributed by atoms with Gasteiger partial charge in [0, 0.05) is 7.11 Å². The quantitative estimate of drug-likeness (QED) is 0.377. The second kappa shape index (κ2) is 7.13. The summed E-state index contributed by atoms with van der Waals surface area (Å²) >= 11 is 0. The van der Waals surface area contributed by atoms with Gasteiger partial charge >= 0.3 is 0 Å². The molecule has 0 rings (SSSR count). The summed E-state index contributed by atoms with van der Waals surface area (Å²) in [7, 11) is 1.57. The summed E-state index contributed by atoms with van der Waals surface area (Å²) in [5.41, 5.74) is 0. The monoisotopic (exact) mass is 174 g/mol. The Balaban J connectivity index is 3.33. The van der Waals surface area contributed by atoms with Crippen molar-refractivity contribution in [3.63, 3.8) is 0 Å². The average Bonchev–Trinajstić information content (AvgIpc) is 2.03. The molecule has 0 aliphatic heterocycles. The predicted molar refractivity (Wildman–Crippen MR) is 47.6 cm³/mol. The lowest BCUT2D eigenvalue weighted by Crippen LogP contribution is -2.12. The molecular weight excluding hydrogens is 156 g/mol. The Labute approximate surface area is 74.0 Å². The van der Waals surface area contributed by atoms with Crippen molar-refractivity contribution < 1.29 is 14.6 Å². The fourth-order valence-corrected chi connectivity index (χ4v) is 0.643. The van der Waals surface area contributed by atoms with Gasteiger partial charge in [-0.2, -0.15) is 0 Å². The molecule has 0 amide bonds. The molecule has 12 heavy (non-hydrogen) atoms. The van der Waals surface area contributed by atoms with E-state index in [9.17, 15) is 5.11 Å². The summed E-state index contributed by atoms with van der Waals surface area (Å²) in [4.78, 5) is 0. The molecule has 0 aliphatic carbocycles. The maximum absolute atomic E-state index is 9.34. The number of aliphatic hydroxyl groups excluding tert-OH is 1. The highest BCUT2D eigenvalue weighted by atomic mass is 16.7. The summed E-state index contributed by atoms with van der Waals surface area (Å²) in [6.45, 7) is 4.22. The van der Waals surface area contributed by atoms with Gasteiger partial charge < -0.3 is 14.6 Å². The third-order valence-electron chi connectivity index (χ3n) is 1.53. The first-order valence-corrected chi connectivity index (χ1v) is 4.12. The zero-order chi connectivity index (χ0) is 9.40. The van der Waals surface area contributed by atoms with Crippen molar-refractivity contribution in [1.82, 2.24) is 0 Å².